The maximum Gasteiger partial charge on any atom is 0.143 e. The van der Waals surface area contributed by atoms with Crippen LogP contribution in [0.2, 0.25) is 0 Å². The Kier molecular flexibility index (Phi) is 6.26. The first-order valence-electron chi connectivity index (χ1n) is 4.26. The number of nitrogens with two attached hydrogens (primary N) is 1. The Hall–Kier alpha value is -0.810. The van der Waals surface area contributed by atoms with E-state index in [1.165, 1.54) is 0 Å². The Morgan fingerprint density at radius 1 is 1.69 bits per heavy atom. The second-order valence-electron chi connectivity index (χ2n) is 3.18. The summed E-state index contributed by atoms with van der Waals surface area (Å²) in [7, 11) is 3.64. The Labute approximate surface area is 79.2 Å². The van der Waals surface area contributed by atoms with Crippen LogP contribution in [0.1, 0.15) is 6.92 Å². The molecule has 0 aliphatic rings. The number of nitrogens with zero attached hydrogens (tertiary/aromatic N) is 2. The van der Waals surface area contributed by atoms with E-state index in [1.807, 2.05) is 14.0 Å². The summed E-state index contributed by atoms with van der Waals surface area (Å²) in [5.74, 6) is 0.330. The second kappa shape index (κ2) is 6.68. The van der Waals surface area contributed by atoms with Gasteiger partial charge in [-0.1, -0.05) is 12.1 Å². The first-order chi connectivity index (χ1) is 6.11. The lowest BCUT2D eigenvalue weighted by Crippen LogP contribution is -2.34. The maximum atomic E-state index is 8.41. The summed E-state index contributed by atoms with van der Waals surface area (Å²) in [6.07, 6.45) is 0. The average Bonchev–Trinajstić information content (AvgIpc) is 2.13. The van der Waals surface area contributed by atoms with Crippen molar-refractivity contribution in [3.05, 3.63) is 0 Å². The third-order valence-corrected chi connectivity index (χ3v) is 1.88. The predicted octanol–water partition coefficient (Wildman–Crippen LogP) is -0.0529. The molecule has 13 heavy (non-hydrogen) atoms. The fourth-order valence-electron chi connectivity index (χ4n) is 0.998. The molecule has 0 aliphatic carbocycles. The normalized spacial score (nSPS) is 14.9. The van der Waals surface area contributed by atoms with E-state index in [0.29, 0.717) is 6.61 Å². The number of ether oxygens (including phenoxy) is 1. The lowest BCUT2D eigenvalue weighted by Gasteiger charge is -2.19. The number of hydrogen-bond acceptors (Lipinski definition) is 4. The van der Waals surface area contributed by atoms with Gasteiger partial charge in [0.25, 0.3) is 0 Å². The fraction of sp³-hybridized carbons (Fsp3) is 0.875. The zero-order valence-electron chi connectivity index (χ0n) is 8.53. The molecule has 1 unspecified atom stereocenters. The molecule has 3 N–H and O–H groups in total. The maximum absolute atomic E-state index is 8.41. The molecule has 0 bridgehead atoms. The molecule has 0 aromatic rings. The van der Waals surface area contributed by atoms with Crippen molar-refractivity contribution >= 4 is 5.84 Å². The molecule has 0 heterocycles. The largest absolute Gasteiger partial charge is 0.409 e. The Balaban J connectivity index is 3.71. The van der Waals surface area contributed by atoms with E-state index < -0.39 is 0 Å². The Bertz CT molecular complexity index is 161. The number of amidine groups is 1. The average molecular weight is 189 g/mol. The number of methoxy groups -OCH3 is 1. The van der Waals surface area contributed by atoms with Crippen LogP contribution in [0.4, 0.5) is 0 Å². The molecule has 0 saturated carbocycles. The SMILES string of the molecule is COCCN(C)CC(C)/C(N)=N/O. The minimum absolute atomic E-state index is 0.0619. The van der Waals surface area contributed by atoms with Crippen molar-refractivity contribution < 1.29 is 9.94 Å². The fourth-order valence-corrected chi connectivity index (χ4v) is 0.998. The minimum atomic E-state index is 0.0619. The summed E-state index contributed by atoms with van der Waals surface area (Å²) in [5.41, 5.74) is 5.44. The summed E-state index contributed by atoms with van der Waals surface area (Å²) in [5, 5.41) is 11.4. The molecule has 78 valence electrons. The molecule has 0 rings (SSSR count). The van der Waals surface area contributed by atoms with Gasteiger partial charge in [-0.05, 0) is 7.05 Å². The molecular formula is C8H19N3O2. The van der Waals surface area contributed by atoms with Gasteiger partial charge in [0.1, 0.15) is 5.84 Å². The molecule has 0 aromatic heterocycles. The molecule has 0 aromatic carbocycles. The number of likely N-dealkylation sites (N-methyl/N-ethyl adjacent to an activating group) is 1. The van der Waals surface area contributed by atoms with Crippen LogP contribution in [0.3, 0.4) is 0 Å². The summed E-state index contributed by atoms with van der Waals surface area (Å²) in [4.78, 5) is 2.08. The Morgan fingerprint density at radius 2 is 2.31 bits per heavy atom. The molecule has 5 heteroatoms. The van der Waals surface area contributed by atoms with Gasteiger partial charge in [0.15, 0.2) is 0 Å². The summed E-state index contributed by atoms with van der Waals surface area (Å²) < 4.78 is 4.93. The van der Waals surface area contributed by atoms with Gasteiger partial charge in [0.2, 0.25) is 0 Å². The summed E-state index contributed by atoms with van der Waals surface area (Å²) in [6, 6.07) is 0. The van der Waals surface area contributed by atoms with Crippen molar-refractivity contribution in [3.63, 3.8) is 0 Å². The zero-order valence-corrected chi connectivity index (χ0v) is 8.53. The van der Waals surface area contributed by atoms with Gasteiger partial charge in [-0.3, -0.25) is 0 Å². The van der Waals surface area contributed by atoms with E-state index >= 15 is 0 Å². The van der Waals surface area contributed by atoms with Gasteiger partial charge in [-0.15, -0.1) is 0 Å². The Morgan fingerprint density at radius 3 is 2.77 bits per heavy atom. The van der Waals surface area contributed by atoms with Gasteiger partial charge in [0.05, 0.1) is 6.61 Å². The van der Waals surface area contributed by atoms with Crippen LogP contribution in [0.5, 0.6) is 0 Å². The number of rotatable bonds is 6. The van der Waals surface area contributed by atoms with Gasteiger partial charge in [-0.2, -0.15) is 0 Å². The van der Waals surface area contributed by atoms with Crippen molar-refractivity contribution in [1.82, 2.24) is 4.90 Å². The standard InChI is InChI=1S/C8H19N3O2/c1-7(8(9)10-12)6-11(2)4-5-13-3/h7,12H,4-6H2,1-3H3,(H2,9,10). The lowest BCUT2D eigenvalue weighted by atomic mass is 10.1. The van der Waals surface area contributed by atoms with Gasteiger partial charge >= 0.3 is 0 Å². The van der Waals surface area contributed by atoms with Crippen LogP contribution in [0.25, 0.3) is 0 Å². The summed E-state index contributed by atoms with van der Waals surface area (Å²) >= 11 is 0. The molecule has 0 fully saturated rings. The van der Waals surface area contributed by atoms with Crippen molar-refractivity contribution in [3.8, 4) is 0 Å². The van der Waals surface area contributed by atoms with Gasteiger partial charge < -0.3 is 20.6 Å². The van der Waals surface area contributed by atoms with Crippen molar-refractivity contribution in [2.24, 2.45) is 16.8 Å². The smallest absolute Gasteiger partial charge is 0.143 e. The highest BCUT2D eigenvalue weighted by Crippen LogP contribution is 1.97. The van der Waals surface area contributed by atoms with Crippen LogP contribution in [0, 0.1) is 5.92 Å². The lowest BCUT2D eigenvalue weighted by molar-refractivity contribution is 0.158. The van der Waals surface area contributed by atoms with Crippen molar-refractivity contribution in [2.45, 2.75) is 6.92 Å². The molecule has 0 spiro atoms. The van der Waals surface area contributed by atoms with Crippen LogP contribution in [-0.2, 0) is 4.74 Å². The van der Waals surface area contributed by atoms with E-state index in [1.54, 1.807) is 7.11 Å². The highest BCUT2D eigenvalue weighted by Gasteiger charge is 2.10. The first kappa shape index (κ1) is 12.2. The van der Waals surface area contributed by atoms with E-state index in [4.69, 9.17) is 15.7 Å². The first-order valence-corrected chi connectivity index (χ1v) is 4.26. The molecule has 0 amide bonds. The molecule has 0 aliphatic heterocycles. The van der Waals surface area contributed by atoms with Crippen LogP contribution in [-0.4, -0.2) is 49.8 Å². The van der Waals surface area contributed by atoms with Crippen LogP contribution in [0.15, 0.2) is 5.16 Å². The van der Waals surface area contributed by atoms with E-state index in [0.717, 1.165) is 13.1 Å². The third kappa shape index (κ3) is 5.43. The monoisotopic (exact) mass is 189 g/mol. The topological polar surface area (TPSA) is 71.1 Å². The third-order valence-electron chi connectivity index (χ3n) is 1.88. The van der Waals surface area contributed by atoms with Gasteiger partial charge in [0, 0.05) is 26.1 Å². The number of hydrogen-bond donors (Lipinski definition) is 2. The van der Waals surface area contributed by atoms with E-state index in [9.17, 15) is 0 Å². The van der Waals surface area contributed by atoms with E-state index in [-0.39, 0.29) is 11.8 Å². The highest BCUT2D eigenvalue weighted by molar-refractivity contribution is 5.82. The van der Waals surface area contributed by atoms with Crippen molar-refractivity contribution in [1.29, 1.82) is 0 Å². The summed E-state index contributed by atoms with van der Waals surface area (Å²) in [6.45, 7) is 4.22. The molecule has 1 atom stereocenters. The van der Waals surface area contributed by atoms with Crippen LogP contribution >= 0.6 is 0 Å². The van der Waals surface area contributed by atoms with Gasteiger partial charge in [-0.25, -0.2) is 0 Å². The van der Waals surface area contributed by atoms with E-state index in [2.05, 4.69) is 10.1 Å². The molecule has 5 nitrogen and oxygen atoms in total. The molecule has 0 saturated heterocycles. The quantitative estimate of drug-likeness (QED) is 0.266. The predicted molar refractivity (Wildman–Crippen MR) is 51.9 cm³/mol. The molecule has 0 radical (unpaired) electrons. The minimum Gasteiger partial charge on any atom is -0.409 e. The second-order valence-corrected chi connectivity index (χ2v) is 3.18. The number of oxime groups is 1. The molecular weight excluding hydrogens is 170 g/mol. The zero-order chi connectivity index (χ0) is 10.3. The van der Waals surface area contributed by atoms with Crippen LogP contribution < -0.4 is 5.73 Å². The van der Waals surface area contributed by atoms with Crippen molar-refractivity contribution in [2.75, 3.05) is 33.9 Å². The highest BCUT2D eigenvalue weighted by atomic mass is 16.5.